The molecule has 0 saturated heterocycles. The summed E-state index contributed by atoms with van der Waals surface area (Å²) >= 11 is 4.37. The first kappa shape index (κ1) is 21.1. The van der Waals surface area contributed by atoms with Gasteiger partial charge in [-0.2, -0.15) is 4.31 Å². The Hall–Kier alpha value is -2.61. The van der Waals surface area contributed by atoms with Crippen LogP contribution in [0, 0.1) is 5.82 Å². The molecule has 1 unspecified atom stereocenters. The Morgan fingerprint density at radius 3 is 2.55 bits per heavy atom. The fraction of sp³-hybridized carbons (Fsp3) is 0.143. The van der Waals surface area contributed by atoms with Gasteiger partial charge in [-0.3, -0.25) is 9.78 Å². The number of para-hydroxylation sites is 1. The molecule has 0 fully saturated rings. The Bertz CT molecular complexity index is 957. The van der Waals surface area contributed by atoms with Gasteiger partial charge < -0.3 is 9.45 Å². The van der Waals surface area contributed by atoms with Crippen LogP contribution in [0.1, 0.15) is 11.3 Å². The summed E-state index contributed by atoms with van der Waals surface area (Å²) in [5.41, 5.74) is 1.58. The highest BCUT2D eigenvalue weighted by Gasteiger charge is 2.26. The average molecular weight is 432 g/mol. The second kappa shape index (κ2) is 9.73. The molecule has 0 aliphatic rings. The third kappa shape index (κ3) is 5.06. The predicted octanol–water partition coefficient (Wildman–Crippen LogP) is 4.19. The Morgan fingerprint density at radius 1 is 1.10 bits per heavy atom. The summed E-state index contributed by atoms with van der Waals surface area (Å²) in [5.74, 6) is -0.410. The lowest BCUT2D eigenvalue weighted by Gasteiger charge is -2.26. The average Bonchev–Trinajstić information content (AvgIpc) is 2.75. The van der Waals surface area contributed by atoms with E-state index in [9.17, 15) is 13.7 Å². The van der Waals surface area contributed by atoms with Crippen LogP contribution in [0.15, 0.2) is 71.8 Å². The number of hydrogen-bond acceptors (Lipinski definition) is 4. The fourth-order valence-electron chi connectivity index (χ4n) is 2.84. The summed E-state index contributed by atoms with van der Waals surface area (Å²) in [4.78, 5) is 18.0. The SMILES string of the molecule is CN(Cc1c(F)cccc1Cl)c1ccccc1[S+]([O-])N(C=O)Cc1ccccn1. The van der Waals surface area contributed by atoms with Gasteiger partial charge in [-0.1, -0.05) is 35.9 Å². The van der Waals surface area contributed by atoms with E-state index in [1.54, 1.807) is 72.7 Å². The lowest BCUT2D eigenvalue weighted by atomic mass is 10.2. The molecule has 0 saturated carbocycles. The minimum Gasteiger partial charge on any atom is -0.588 e. The van der Waals surface area contributed by atoms with E-state index < -0.39 is 17.2 Å². The largest absolute Gasteiger partial charge is 0.588 e. The smallest absolute Gasteiger partial charge is 0.252 e. The Kier molecular flexibility index (Phi) is 7.09. The zero-order valence-electron chi connectivity index (χ0n) is 15.7. The highest BCUT2D eigenvalue weighted by atomic mass is 35.5. The van der Waals surface area contributed by atoms with E-state index >= 15 is 0 Å². The first-order valence-electron chi connectivity index (χ1n) is 8.78. The van der Waals surface area contributed by atoms with E-state index in [0.29, 0.717) is 33.3 Å². The van der Waals surface area contributed by atoms with Gasteiger partial charge in [0.05, 0.1) is 11.4 Å². The first-order valence-corrected chi connectivity index (χ1v) is 10.3. The molecule has 1 heterocycles. The molecule has 29 heavy (non-hydrogen) atoms. The fourth-order valence-corrected chi connectivity index (χ4v) is 4.24. The van der Waals surface area contributed by atoms with Crippen molar-refractivity contribution in [2.45, 2.75) is 18.0 Å². The maximum atomic E-state index is 14.2. The van der Waals surface area contributed by atoms with Gasteiger partial charge in [-0.25, -0.2) is 4.39 Å². The third-order valence-electron chi connectivity index (χ3n) is 4.30. The Morgan fingerprint density at radius 2 is 1.86 bits per heavy atom. The van der Waals surface area contributed by atoms with Crippen LogP contribution >= 0.6 is 11.6 Å². The van der Waals surface area contributed by atoms with Gasteiger partial charge in [-0.05, 0) is 36.4 Å². The number of benzene rings is 2. The topological polar surface area (TPSA) is 59.5 Å². The molecule has 0 N–H and O–H groups in total. The number of pyridine rings is 1. The molecular formula is C21H19ClFN3O2S. The van der Waals surface area contributed by atoms with E-state index in [1.807, 2.05) is 0 Å². The van der Waals surface area contributed by atoms with Gasteiger partial charge in [0.25, 0.3) is 6.41 Å². The molecule has 3 aromatic rings. The summed E-state index contributed by atoms with van der Waals surface area (Å²) in [5, 5.41) is 0.320. The number of aromatic nitrogens is 1. The number of anilines is 1. The van der Waals surface area contributed by atoms with E-state index in [2.05, 4.69) is 4.98 Å². The van der Waals surface area contributed by atoms with Crippen molar-refractivity contribution in [2.24, 2.45) is 0 Å². The number of nitrogens with zero attached hydrogens (tertiary/aromatic N) is 3. The van der Waals surface area contributed by atoms with Crippen molar-refractivity contribution in [3.05, 3.63) is 89.0 Å². The van der Waals surface area contributed by atoms with E-state index in [4.69, 9.17) is 11.6 Å². The summed E-state index contributed by atoms with van der Waals surface area (Å²) in [6.45, 7) is 0.287. The molecule has 150 valence electrons. The van der Waals surface area contributed by atoms with Crippen molar-refractivity contribution in [3.8, 4) is 0 Å². The van der Waals surface area contributed by atoms with Crippen LogP contribution in [0.3, 0.4) is 0 Å². The molecule has 1 atom stereocenters. The monoisotopic (exact) mass is 431 g/mol. The van der Waals surface area contributed by atoms with Crippen LogP contribution in [-0.4, -0.2) is 27.3 Å². The van der Waals surface area contributed by atoms with Gasteiger partial charge in [0.15, 0.2) is 0 Å². The molecule has 3 rings (SSSR count). The number of amides is 1. The van der Waals surface area contributed by atoms with Crippen molar-refractivity contribution in [1.82, 2.24) is 9.29 Å². The van der Waals surface area contributed by atoms with Crippen LogP contribution in [0.2, 0.25) is 5.02 Å². The molecule has 0 bridgehead atoms. The molecule has 0 spiro atoms. The first-order chi connectivity index (χ1) is 14.0. The molecule has 0 radical (unpaired) electrons. The lowest BCUT2D eigenvalue weighted by molar-refractivity contribution is -0.114. The quantitative estimate of drug-likeness (QED) is 0.396. The standard InChI is InChI=1S/C21H19ClFN3O2S/c1-25(14-17-18(22)8-6-9-19(17)23)20-10-2-3-11-21(20)29(28)26(15-27)13-16-7-4-5-12-24-16/h2-12,15H,13-14H2,1H3. The Balaban J connectivity index is 1.86. The van der Waals surface area contributed by atoms with E-state index in [1.165, 1.54) is 10.4 Å². The molecule has 1 aromatic heterocycles. The van der Waals surface area contributed by atoms with Gasteiger partial charge in [0, 0.05) is 30.4 Å². The number of carbonyl (C=O) groups is 1. The number of carbonyl (C=O) groups excluding carboxylic acids is 1. The molecular weight excluding hydrogens is 413 g/mol. The van der Waals surface area contributed by atoms with Crippen molar-refractivity contribution < 1.29 is 13.7 Å². The van der Waals surface area contributed by atoms with Crippen molar-refractivity contribution in [2.75, 3.05) is 11.9 Å². The number of halogens is 2. The van der Waals surface area contributed by atoms with E-state index in [0.717, 1.165) is 0 Å². The maximum absolute atomic E-state index is 14.2. The summed E-state index contributed by atoms with van der Waals surface area (Å²) in [7, 11) is 1.75. The molecule has 0 aliphatic carbocycles. The van der Waals surface area contributed by atoms with E-state index in [-0.39, 0.29) is 13.1 Å². The highest BCUT2D eigenvalue weighted by Crippen LogP contribution is 2.30. The number of hydrogen-bond donors (Lipinski definition) is 0. The lowest BCUT2D eigenvalue weighted by Crippen LogP contribution is -2.31. The summed E-state index contributed by atoms with van der Waals surface area (Å²) in [6, 6.07) is 16.8. The minimum absolute atomic E-state index is 0.105. The van der Waals surface area contributed by atoms with Gasteiger partial charge in [0.2, 0.25) is 4.90 Å². The van der Waals surface area contributed by atoms with Crippen molar-refractivity contribution >= 4 is 35.1 Å². The van der Waals surface area contributed by atoms with Crippen molar-refractivity contribution in [1.29, 1.82) is 0 Å². The predicted molar refractivity (Wildman–Crippen MR) is 112 cm³/mol. The van der Waals surface area contributed by atoms with Crippen molar-refractivity contribution in [3.63, 3.8) is 0 Å². The van der Waals surface area contributed by atoms with Crippen LogP contribution in [0.5, 0.6) is 0 Å². The zero-order chi connectivity index (χ0) is 20.8. The second-order valence-electron chi connectivity index (χ2n) is 6.27. The summed E-state index contributed by atoms with van der Waals surface area (Å²) in [6.07, 6.45) is 2.15. The molecule has 1 amide bonds. The second-order valence-corrected chi connectivity index (χ2v) is 8.09. The van der Waals surface area contributed by atoms with Crippen LogP contribution in [0.25, 0.3) is 0 Å². The van der Waals surface area contributed by atoms with Crippen LogP contribution in [0.4, 0.5) is 10.1 Å². The zero-order valence-corrected chi connectivity index (χ0v) is 17.2. The van der Waals surface area contributed by atoms with Gasteiger partial charge in [0.1, 0.15) is 23.7 Å². The van der Waals surface area contributed by atoms with Gasteiger partial charge in [-0.15, -0.1) is 0 Å². The summed E-state index contributed by atoms with van der Waals surface area (Å²) < 4.78 is 28.5. The molecule has 5 nitrogen and oxygen atoms in total. The maximum Gasteiger partial charge on any atom is 0.252 e. The molecule has 8 heteroatoms. The third-order valence-corrected chi connectivity index (χ3v) is 6.01. The normalized spacial score (nSPS) is 11.7. The Labute approximate surface area is 177 Å². The molecule has 0 aliphatic heterocycles. The minimum atomic E-state index is -1.77. The van der Waals surface area contributed by atoms with Crippen LogP contribution in [-0.2, 0) is 29.2 Å². The van der Waals surface area contributed by atoms with Gasteiger partial charge >= 0.3 is 0 Å². The highest BCUT2D eigenvalue weighted by molar-refractivity contribution is 7.89. The molecule has 2 aromatic carbocycles. The number of rotatable bonds is 8. The van der Waals surface area contributed by atoms with Crippen LogP contribution < -0.4 is 4.90 Å².